The Morgan fingerprint density at radius 2 is 1.53 bits per heavy atom. The number of nitrogens with zero attached hydrogens (tertiary/aromatic N) is 2. The molecule has 0 saturated carbocycles. The van der Waals surface area contributed by atoms with Crippen LogP contribution in [-0.4, -0.2) is 50.4 Å². The summed E-state index contributed by atoms with van der Waals surface area (Å²) in [5, 5.41) is 0. The van der Waals surface area contributed by atoms with Gasteiger partial charge in [-0.05, 0) is 67.8 Å². The lowest BCUT2D eigenvalue weighted by atomic mass is 10.0. The number of rotatable bonds is 8. The van der Waals surface area contributed by atoms with Crippen LogP contribution in [0, 0.1) is 37.5 Å². The average molecular weight is 401 g/mol. The van der Waals surface area contributed by atoms with Gasteiger partial charge in [0, 0.05) is 55.6 Å². The van der Waals surface area contributed by atoms with Crippen LogP contribution in [0.4, 0.5) is 0 Å². The summed E-state index contributed by atoms with van der Waals surface area (Å²) in [4.78, 5) is 6.84. The van der Waals surface area contributed by atoms with Crippen LogP contribution in [0.3, 0.4) is 0 Å². The van der Waals surface area contributed by atoms with Crippen LogP contribution in [0.25, 0.3) is 0 Å². The Hall–Kier alpha value is -2.89. The van der Waals surface area contributed by atoms with Crippen LogP contribution in [0.5, 0.6) is 0 Å². The van der Waals surface area contributed by atoms with Gasteiger partial charge in [-0.3, -0.25) is 9.89 Å². The standard InChI is InChI=1S/C26H32N4/c1-4-5-24-16-21(2)17-25(18-24)9-8-23-7-6-22(3)26(19-23)20-29-12-15-30(13-10-27)14-11-28/h6-7,16-20H,10-15,27-28H2,1-3H3. The Bertz CT molecular complexity index is 978. The normalized spacial score (nSPS) is 10.6. The van der Waals surface area contributed by atoms with E-state index in [1.54, 1.807) is 0 Å². The molecule has 4 nitrogen and oxygen atoms in total. The largest absolute Gasteiger partial charge is 0.329 e. The molecule has 4 N–H and O–H groups in total. The highest BCUT2D eigenvalue weighted by molar-refractivity contribution is 5.82. The fourth-order valence-corrected chi connectivity index (χ4v) is 3.14. The van der Waals surface area contributed by atoms with Crippen LogP contribution in [0.15, 0.2) is 41.4 Å². The van der Waals surface area contributed by atoms with Crippen LogP contribution < -0.4 is 11.5 Å². The maximum absolute atomic E-state index is 5.65. The maximum Gasteiger partial charge on any atom is 0.0517 e. The quantitative estimate of drug-likeness (QED) is 0.529. The van der Waals surface area contributed by atoms with Gasteiger partial charge in [0.1, 0.15) is 0 Å². The molecule has 2 aromatic rings. The van der Waals surface area contributed by atoms with Gasteiger partial charge in [0.2, 0.25) is 0 Å². The Labute approximate surface area is 181 Å². The molecule has 0 atom stereocenters. The molecule has 2 rings (SSSR count). The minimum atomic E-state index is 0.636. The monoisotopic (exact) mass is 400 g/mol. The predicted octanol–water partition coefficient (Wildman–Crippen LogP) is 2.71. The molecule has 0 bridgehead atoms. The van der Waals surface area contributed by atoms with E-state index in [1.165, 1.54) is 5.56 Å². The average Bonchev–Trinajstić information content (AvgIpc) is 2.71. The zero-order valence-electron chi connectivity index (χ0n) is 18.3. The van der Waals surface area contributed by atoms with Crippen molar-refractivity contribution in [1.82, 2.24) is 4.90 Å². The number of nitrogens with two attached hydrogens (primary N) is 2. The van der Waals surface area contributed by atoms with Gasteiger partial charge in [-0.25, -0.2) is 0 Å². The third-order valence-electron chi connectivity index (χ3n) is 4.64. The molecule has 0 radical (unpaired) electrons. The molecular weight excluding hydrogens is 368 g/mol. The first-order valence-electron chi connectivity index (χ1n) is 10.3. The van der Waals surface area contributed by atoms with E-state index in [0.29, 0.717) is 13.1 Å². The van der Waals surface area contributed by atoms with Gasteiger partial charge in [-0.1, -0.05) is 23.8 Å². The third-order valence-corrected chi connectivity index (χ3v) is 4.64. The Morgan fingerprint density at radius 3 is 2.20 bits per heavy atom. The number of hydrogen-bond acceptors (Lipinski definition) is 4. The van der Waals surface area contributed by atoms with Crippen LogP contribution in [0.1, 0.15) is 40.3 Å². The molecule has 0 fully saturated rings. The van der Waals surface area contributed by atoms with Crippen molar-refractivity contribution in [2.75, 3.05) is 39.3 Å². The first-order valence-corrected chi connectivity index (χ1v) is 10.3. The summed E-state index contributed by atoms with van der Waals surface area (Å²) in [5.74, 6) is 12.6. The molecule has 0 aliphatic carbocycles. The van der Waals surface area contributed by atoms with Crippen LogP contribution >= 0.6 is 0 Å². The molecule has 0 aliphatic rings. The van der Waals surface area contributed by atoms with Gasteiger partial charge in [0.15, 0.2) is 0 Å². The summed E-state index contributed by atoms with van der Waals surface area (Å²) >= 11 is 0. The van der Waals surface area contributed by atoms with E-state index in [1.807, 2.05) is 25.3 Å². The van der Waals surface area contributed by atoms with Crippen LogP contribution in [-0.2, 0) is 0 Å². The topological polar surface area (TPSA) is 67.6 Å². The van der Waals surface area contributed by atoms with Crippen LogP contribution in [0.2, 0.25) is 0 Å². The van der Waals surface area contributed by atoms with Crippen molar-refractivity contribution in [3.63, 3.8) is 0 Å². The lowest BCUT2D eigenvalue weighted by Gasteiger charge is -2.19. The van der Waals surface area contributed by atoms with Gasteiger partial charge < -0.3 is 11.5 Å². The summed E-state index contributed by atoms with van der Waals surface area (Å²) in [6.45, 7) is 10.5. The minimum absolute atomic E-state index is 0.636. The van der Waals surface area contributed by atoms with Crippen molar-refractivity contribution in [3.05, 3.63) is 69.8 Å². The van der Waals surface area contributed by atoms with Crippen molar-refractivity contribution in [3.8, 4) is 23.7 Å². The molecular formula is C26H32N4. The van der Waals surface area contributed by atoms with Gasteiger partial charge in [-0.15, -0.1) is 5.92 Å². The Morgan fingerprint density at radius 1 is 0.867 bits per heavy atom. The summed E-state index contributed by atoms with van der Waals surface area (Å²) in [6, 6.07) is 12.4. The lowest BCUT2D eigenvalue weighted by molar-refractivity contribution is 0.297. The first-order chi connectivity index (χ1) is 14.5. The molecule has 0 aromatic heterocycles. The third kappa shape index (κ3) is 7.85. The molecule has 0 unspecified atom stereocenters. The van der Waals surface area contributed by atoms with E-state index >= 15 is 0 Å². The molecule has 2 aromatic carbocycles. The van der Waals surface area contributed by atoms with Crippen molar-refractivity contribution in [2.45, 2.75) is 20.8 Å². The van der Waals surface area contributed by atoms with E-state index in [4.69, 9.17) is 11.5 Å². The predicted molar refractivity (Wildman–Crippen MR) is 128 cm³/mol. The fraction of sp³-hybridized carbons (Fsp3) is 0.346. The zero-order valence-corrected chi connectivity index (χ0v) is 18.3. The summed E-state index contributed by atoms with van der Waals surface area (Å²) in [7, 11) is 0. The zero-order chi connectivity index (χ0) is 21.8. The molecule has 0 spiro atoms. The van der Waals surface area contributed by atoms with E-state index in [9.17, 15) is 0 Å². The van der Waals surface area contributed by atoms with Crippen molar-refractivity contribution in [2.24, 2.45) is 16.5 Å². The number of aryl methyl sites for hydroxylation is 2. The summed E-state index contributed by atoms with van der Waals surface area (Å²) in [5.41, 5.74) is 17.7. The Kier molecular flexibility index (Phi) is 9.84. The smallest absolute Gasteiger partial charge is 0.0517 e. The number of hydrogen-bond donors (Lipinski definition) is 2. The highest BCUT2D eigenvalue weighted by Crippen LogP contribution is 2.11. The highest BCUT2D eigenvalue weighted by Gasteiger charge is 2.01. The first kappa shape index (κ1) is 23.4. The van der Waals surface area contributed by atoms with Gasteiger partial charge in [0.05, 0.1) is 6.54 Å². The number of aliphatic imine (C=N–C) groups is 1. The molecule has 0 aliphatic heterocycles. The van der Waals surface area contributed by atoms with E-state index < -0.39 is 0 Å². The molecule has 30 heavy (non-hydrogen) atoms. The van der Waals surface area contributed by atoms with E-state index in [-0.39, 0.29) is 0 Å². The van der Waals surface area contributed by atoms with Gasteiger partial charge in [-0.2, -0.15) is 0 Å². The second kappa shape index (κ2) is 12.6. The molecule has 156 valence electrons. The summed E-state index contributed by atoms with van der Waals surface area (Å²) in [6.07, 6.45) is 1.94. The SMILES string of the molecule is CC#Cc1cc(C)cc(C#Cc2ccc(C)c(C=NCCN(CCN)CCN)c2)c1. The van der Waals surface area contributed by atoms with Crippen molar-refractivity contribution in [1.29, 1.82) is 0 Å². The summed E-state index contributed by atoms with van der Waals surface area (Å²) < 4.78 is 0. The second-order valence-corrected chi connectivity index (χ2v) is 7.24. The highest BCUT2D eigenvalue weighted by atomic mass is 15.1. The van der Waals surface area contributed by atoms with Crippen molar-refractivity contribution >= 4 is 6.21 Å². The second-order valence-electron chi connectivity index (χ2n) is 7.24. The van der Waals surface area contributed by atoms with Gasteiger partial charge in [0.25, 0.3) is 0 Å². The fourth-order valence-electron chi connectivity index (χ4n) is 3.14. The lowest BCUT2D eigenvalue weighted by Crippen LogP contribution is -2.35. The number of benzene rings is 2. The van der Waals surface area contributed by atoms with E-state index in [2.05, 4.69) is 71.7 Å². The van der Waals surface area contributed by atoms with Crippen molar-refractivity contribution < 1.29 is 0 Å². The Balaban J connectivity index is 2.10. The van der Waals surface area contributed by atoms with Gasteiger partial charge >= 0.3 is 0 Å². The maximum atomic E-state index is 5.65. The molecule has 0 heterocycles. The molecule has 0 saturated heterocycles. The molecule has 0 amide bonds. The molecule has 4 heteroatoms. The van der Waals surface area contributed by atoms with E-state index in [0.717, 1.165) is 54.0 Å². The minimum Gasteiger partial charge on any atom is -0.329 e.